The van der Waals surface area contributed by atoms with Gasteiger partial charge in [-0.3, -0.25) is 24.0 Å². The van der Waals surface area contributed by atoms with E-state index in [0.29, 0.717) is 37.4 Å². The summed E-state index contributed by atoms with van der Waals surface area (Å²) < 4.78 is 7.54. The molecule has 0 spiro atoms. The van der Waals surface area contributed by atoms with Gasteiger partial charge in [0.1, 0.15) is 29.9 Å². The minimum Gasteiger partial charge on any atom is -0.484 e. The number of rotatable bonds is 6. The Hall–Kier alpha value is -4.07. The first-order valence-electron chi connectivity index (χ1n) is 14.8. The number of nitrogens with zero attached hydrogens (tertiary/aromatic N) is 3. The van der Waals surface area contributed by atoms with E-state index < -0.39 is 41.9 Å². The van der Waals surface area contributed by atoms with E-state index in [2.05, 4.69) is 26.3 Å². The molecule has 0 saturated carbocycles. The van der Waals surface area contributed by atoms with E-state index in [-0.39, 0.29) is 30.8 Å². The molecule has 44 heavy (non-hydrogen) atoms. The molecule has 4 N–H and O–H groups in total. The number of thioether (sulfide) groups is 1. The quantitative estimate of drug-likeness (QED) is 0.264. The van der Waals surface area contributed by atoms with Crippen LogP contribution in [0.5, 0.6) is 5.75 Å². The van der Waals surface area contributed by atoms with Crippen LogP contribution >= 0.6 is 11.8 Å². The van der Waals surface area contributed by atoms with E-state index in [1.54, 1.807) is 37.4 Å². The Balaban J connectivity index is 1.51. The third-order valence-electron chi connectivity index (χ3n) is 7.62. The number of nitrogens with one attached hydrogen (secondary N) is 4. The SMILES string of the molecule is CC(C)[C@@H]1NC(=O)COc2ccc(cc2)C[C@@H](C(=O)NCCSc2nccn2C)NC(=O)[C@H](C)NC(=O)[C@H]2CCCN2C1=O. The molecule has 14 heteroatoms. The van der Waals surface area contributed by atoms with Crippen molar-refractivity contribution in [3.8, 4) is 5.75 Å². The zero-order valence-corrected chi connectivity index (χ0v) is 26.3. The Kier molecular flexibility index (Phi) is 11.3. The van der Waals surface area contributed by atoms with Gasteiger partial charge in [-0.15, -0.1) is 0 Å². The fourth-order valence-corrected chi connectivity index (χ4v) is 5.92. The topological polar surface area (TPSA) is 164 Å². The molecule has 5 rings (SSSR count). The predicted molar refractivity (Wildman–Crippen MR) is 164 cm³/mol. The van der Waals surface area contributed by atoms with Gasteiger partial charge in [0.05, 0.1) is 0 Å². The molecule has 3 aliphatic heterocycles. The third kappa shape index (κ3) is 8.52. The fraction of sp³-hybridized carbons (Fsp3) is 0.533. The van der Waals surface area contributed by atoms with Crippen LogP contribution in [-0.4, -0.2) is 93.6 Å². The number of imidazole rings is 1. The highest BCUT2D eigenvalue weighted by atomic mass is 32.2. The second-order valence-electron chi connectivity index (χ2n) is 11.4. The number of ether oxygens (including phenoxy) is 1. The number of hydrogen-bond donors (Lipinski definition) is 4. The van der Waals surface area contributed by atoms with Crippen molar-refractivity contribution in [2.45, 2.75) is 69.4 Å². The van der Waals surface area contributed by atoms with Gasteiger partial charge in [-0.1, -0.05) is 37.7 Å². The number of hydrogen-bond acceptors (Lipinski definition) is 8. The van der Waals surface area contributed by atoms with E-state index >= 15 is 0 Å². The van der Waals surface area contributed by atoms with Crippen molar-refractivity contribution < 1.29 is 28.7 Å². The Morgan fingerprint density at radius 3 is 2.55 bits per heavy atom. The molecule has 2 bridgehead atoms. The molecule has 0 aliphatic carbocycles. The van der Waals surface area contributed by atoms with Crippen LogP contribution in [0.1, 0.15) is 39.2 Å². The first-order valence-corrected chi connectivity index (χ1v) is 15.8. The van der Waals surface area contributed by atoms with Gasteiger partial charge in [0.2, 0.25) is 23.6 Å². The van der Waals surface area contributed by atoms with Crippen molar-refractivity contribution in [2.75, 3.05) is 25.4 Å². The van der Waals surface area contributed by atoms with Crippen LogP contribution in [0.3, 0.4) is 0 Å². The molecule has 13 nitrogen and oxygen atoms in total. The zero-order valence-electron chi connectivity index (χ0n) is 25.5. The molecular formula is C30H41N7O6S. The van der Waals surface area contributed by atoms with Crippen molar-refractivity contribution in [3.05, 3.63) is 42.2 Å². The molecule has 1 saturated heterocycles. The molecule has 238 valence electrons. The average molecular weight is 628 g/mol. The third-order valence-corrected chi connectivity index (χ3v) is 8.68. The molecule has 0 unspecified atom stereocenters. The van der Waals surface area contributed by atoms with E-state index in [1.807, 2.05) is 31.7 Å². The van der Waals surface area contributed by atoms with Crippen LogP contribution in [0.25, 0.3) is 0 Å². The lowest BCUT2D eigenvalue weighted by molar-refractivity contribution is -0.143. The van der Waals surface area contributed by atoms with Crippen molar-refractivity contribution in [3.63, 3.8) is 0 Å². The summed E-state index contributed by atoms with van der Waals surface area (Å²) in [5, 5.41) is 12.0. The Bertz CT molecular complexity index is 1350. The van der Waals surface area contributed by atoms with Gasteiger partial charge in [-0.25, -0.2) is 4.98 Å². The maximum atomic E-state index is 13.5. The molecule has 1 aromatic carbocycles. The zero-order chi connectivity index (χ0) is 31.8. The van der Waals surface area contributed by atoms with E-state index in [1.165, 1.54) is 16.7 Å². The van der Waals surface area contributed by atoms with Gasteiger partial charge in [0.25, 0.3) is 5.91 Å². The highest BCUT2D eigenvalue weighted by molar-refractivity contribution is 7.99. The van der Waals surface area contributed by atoms with Crippen LogP contribution in [0.4, 0.5) is 0 Å². The maximum Gasteiger partial charge on any atom is 0.258 e. The second-order valence-corrected chi connectivity index (χ2v) is 12.4. The summed E-state index contributed by atoms with van der Waals surface area (Å²) in [7, 11) is 1.89. The normalized spacial score (nSPS) is 23.5. The van der Waals surface area contributed by atoms with E-state index in [0.717, 1.165) is 10.7 Å². The molecule has 3 aliphatic rings. The van der Waals surface area contributed by atoms with E-state index in [4.69, 9.17) is 4.74 Å². The van der Waals surface area contributed by atoms with Crippen LogP contribution in [-0.2, 0) is 37.4 Å². The van der Waals surface area contributed by atoms with Crippen LogP contribution in [0.15, 0.2) is 41.8 Å². The highest BCUT2D eigenvalue weighted by Crippen LogP contribution is 2.21. The van der Waals surface area contributed by atoms with Gasteiger partial charge >= 0.3 is 0 Å². The Morgan fingerprint density at radius 2 is 1.86 bits per heavy atom. The lowest BCUT2D eigenvalue weighted by atomic mass is 10.0. The summed E-state index contributed by atoms with van der Waals surface area (Å²) in [6, 6.07) is 3.37. The summed E-state index contributed by atoms with van der Waals surface area (Å²) in [5.41, 5.74) is 0.756. The minimum absolute atomic E-state index is 0.187. The predicted octanol–water partition coefficient (Wildman–Crippen LogP) is 0.385. The van der Waals surface area contributed by atoms with Crippen molar-refractivity contribution >= 4 is 41.3 Å². The van der Waals surface area contributed by atoms with Crippen molar-refractivity contribution in [2.24, 2.45) is 13.0 Å². The number of carbonyl (C=O) groups excluding carboxylic acids is 5. The number of aromatic nitrogens is 2. The summed E-state index contributed by atoms with van der Waals surface area (Å²) in [4.78, 5) is 71.8. The highest BCUT2D eigenvalue weighted by Gasteiger charge is 2.39. The maximum absolute atomic E-state index is 13.5. The van der Waals surface area contributed by atoms with Crippen LogP contribution in [0, 0.1) is 5.92 Å². The number of amides is 5. The standard InChI is InChI=1S/C30H41N7O6S/c1-18(2)25-29(42)37-13-5-6-23(37)28(41)33-19(3)26(39)34-22(27(40)31-12-15-44-30-32-11-14-36(30)4)16-20-7-9-21(10-8-20)43-17-24(38)35-25/h7-11,14,18-19,22-23,25H,5-6,12-13,15-17H2,1-4H3,(H,31,40)(H,33,41)(H,34,39)(H,35,38)/t19-,22-,23+,25-/m0/s1. The summed E-state index contributed by atoms with van der Waals surface area (Å²) in [6.45, 7) is 5.60. The van der Waals surface area contributed by atoms with Gasteiger partial charge in [-0.05, 0) is 43.4 Å². The molecule has 4 heterocycles. The molecule has 5 amide bonds. The minimum atomic E-state index is -0.965. The molecular weight excluding hydrogens is 586 g/mol. The molecule has 1 aromatic heterocycles. The first kappa shape index (κ1) is 32.8. The number of benzene rings is 1. The Labute approximate surface area is 261 Å². The first-order chi connectivity index (χ1) is 21.0. The lowest BCUT2D eigenvalue weighted by Gasteiger charge is -2.31. The van der Waals surface area contributed by atoms with Crippen LogP contribution < -0.4 is 26.0 Å². The van der Waals surface area contributed by atoms with E-state index in [9.17, 15) is 24.0 Å². The molecule has 4 atom stereocenters. The largest absolute Gasteiger partial charge is 0.484 e. The van der Waals surface area contributed by atoms with Crippen molar-refractivity contribution in [1.82, 2.24) is 35.7 Å². The summed E-state index contributed by atoms with van der Waals surface area (Å²) >= 11 is 1.50. The number of fused-ring (bicyclic) bond motifs is 13. The lowest BCUT2D eigenvalue weighted by Crippen LogP contribution is -2.58. The number of aryl methyl sites for hydroxylation is 1. The Morgan fingerprint density at radius 1 is 1.11 bits per heavy atom. The van der Waals surface area contributed by atoms with Gasteiger partial charge < -0.3 is 35.5 Å². The van der Waals surface area contributed by atoms with Gasteiger partial charge in [0.15, 0.2) is 11.8 Å². The van der Waals surface area contributed by atoms with Gasteiger partial charge in [-0.2, -0.15) is 0 Å². The monoisotopic (exact) mass is 627 g/mol. The molecule has 1 fully saturated rings. The molecule has 2 aromatic rings. The summed E-state index contributed by atoms with van der Waals surface area (Å²) in [6.07, 6.45) is 4.78. The molecule has 0 radical (unpaired) electrons. The number of carbonyl (C=O) groups is 5. The second kappa shape index (κ2) is 15.1. The van der Waals surface area contributed by atoms with Gasteiger partial charge in [0, 0.05) is 44.7 Å². The van der Waals surface area contributed by atoms with Crippen LogP contribution in [0.2, 0.25) is 0 Å². The average Bonchev–Trinajstić information content (AvgIpc) is 3.65. The summed E-state index contributed by atoms with van der Waals surface area (Å²) in [5.74, 6) is -1.38. The smallest absolute Gasteiger partial charge is 0.258 e. The van der Waals surface area contributed by atoms with Crippen molar-refractivity contribution in [1.29, 1.82) is 0 Å². The fourth-order valence-electron chi connectivity index (χ4n) is 5.13.